The number of hydrogen-bond acceptors (Lipinski definition) is 3. The number of hydrogen-bond donors (Lipinski definition) is 2. The van der Waals surface area contributed by atoms with Crippen LogP contribution in [-0.4, -0.2) is 23.0 Å². The van der Waals surface area contributed by atoms with Gasteiger partial charge in [0.05, 0.1) is 5.60 Å². The molecule has 1 rings (SSSR count). The van der Waals surface area contributed by atoms with Crippen LogP contribution in [-0.2, 0) is 11.0 Å². The molecule has 0 atom stereocenters. The van der Waals surface area contributed by atoms with Crippen LogP contribution in [0.25, 0.3) is 0 Å². The molecule has 0 spiro atoms. The fourth-order valence-electron chi connectivity index (χ4n) is 1.25. The number of amides is 1. The standard InChI is InChI=1S/C13H13F3N2O2.K/c1-12(2,20)7-11(19)18-8-17-10-5-3-9(4-6-10)13(14,15)16;/h3-5,20H,7H2,1-2H3,(H,17,18,19);/q-2;+1. The van der Waals surface area contributed by atoms with Crippen molar-refractivity contribution in [3.63, 3.8) is 0 Å². The summed E-state index contributed by atoms with van der Waals surface area (Å²) >= 11 is 0. The average molecular weight is 325 g/mol. The summed E-state index contributed by atoms with van der Waals surface area (Å²) in [6, 6.07) is 5.04. The quantitative estimate of drug-likeness (QED) is 0.253. The van der Waals surface area contributed by atoms with Crippen molar-refractivity contribution in [1.29, 1.82) is 0 Å². The fourth-order valence-corrected chi connectivity index (χ4v) is 1.25. The maximum Gasteiger partial charge on any atom is 1.00 e. The van der Waals surface area contributed by atoms with E-state index in [2.05, 4.69) is 22.7 Å². The number of nitrogens with zero attached hydrogens (tertiary/aromatic N) is 1. The number of rotatable bonds is 4. The molecule has 0 unspecified atom stereocenters. The van der Waals surface area contributed by atoms with Crippen LogP contribution >= 0.6 is 0 Å². The van der Waals surface area contributed by atoms with Crippen molar-refractivity contribution in [2.75, 3.05) is 0 Å². The summed E-state index contributed by atoms with van der Waals surface area (Å²) in [5, 5.41) is 11.6. The van der Waals surface area contributed by atoms with Crippen molar-refractivity contribution >= 4 is 17.9 Å². The molecule has 21 heavy (non-hydrogen) atoms. The molecule has 0 fully saturated rings. The van der Waals surface area contributed by atoms with E-state index in [9.17, 15) is 23.1 Å². The normalized spacial score (nSPS) is 12.1. The third-order valence-corrected chi connectivity index (χ3v) is 2.09. The van der Waals surface area contributed by atoms with Crippen LogP contribution in [0, 0.1) is 6.07 Å². The Balaban J connectivity index is 0.00000400. The van der Waals surface area contributed by atoms with Gasteiger partial charge in [-0.2, -0.15) is 31.0 Å². The summed E-state index contributed by atoms with van der Waals surface area (Å²) in [5.41, 5.74) is -1.89. The minimum Gasteiger partial charge on any atom is -0.423 e. The van der Waals surface area contributed by atoms with Gasteiger partial charge in [0.15, 0.2) is 0 Å². The molecule has 0 bridgehead atoms. The maximum absolute atomic E-state index is 12.3. The van der Waals surface area contributed by atoms with E-state index in [-0.39, 0.29) is 63.5 Å². The Bertz CT molecular complexity index is 494. The van der Waals surface area contributed by atoms with E-state index >= 15 is 0 Å². The zero-order valence-corrected chi connectivity index (χ0v) is 15.0. The molecule has 4 nitrogen and oxygen atoms in total. The molecule has 0 saturated carbocycles. The van der Waals surface area contributed by atoms with Crippen LogP contribution in [0.2, 0.25) is 0 Å². The molecular weight excluding hydrogens is 312 g/mol. The van der Waals surface area contributed by atoms with Gasteiger partial charge >= 0.3 is 57.6 Å². The number of nitrogens with one attached hydrogen (secondary N) is 1. The number of halogens is 3. The summed E-state index contributed by atoms with van der Waals surface area (Å²) in [6.45, 7) is 2.93. The SMILES string of the molecule is CC(C)(O)CC(=O)N[C-]=Nc1[c-]cc(C(F)(F)F)cc1.[K+]. The van der Waals surface area contributed by atoms with Crippen molar-refractivity contribution in [1.82, 2.24) is 5.32 Å². The molecule has 0 aliphatic carbocycles. The number of benzene rings is 1. The van der Waals surface area contributed by atoms with Gasteiger partial charge in [0.2, 0.25) is 0 Å². The van der Waals surface area contributed by atoms with Crippen LogP contribution in [0.3, 0.4) is 0 Å². The van der Waals surface area contributed by atoms with Gasteiger partial charge in [-0.3, -0.25) is 0 Å². The Morgan fingerprint density at radius 3 is 2.48 bits per heavy atom. The van der Waals surface area contributed by atoms with E-state index in [4.69, 9.17) is 0 Å². The smallest absolute Gasteiger partial charge is 0.423 e. The first-order valence-corrected chi connectivity index (χ1v) is 5.64. The molecule has 2 N–H and O–H groups in total. The first-order chi connectivity index (χ1) is 9.08. The Kier molecular flexibility index (Phi) is 8.30. The third-order valence-electron chi connectivity index (χ3n) is 2.09. The molecule has 0 aromatic heterocycles. The number of aliphatic imine (C=N–C) groups is 1. The Hall–Kier alpha value is -0.254. The first kappa shape index (κ1) is 20.7. The molecule has 1 amide bonds. The molecule has 0 radical (unpaired) electrons. The zero-order valence-electron chi connectivity index (χ0n) is 11.9. The Labute approximate surface area is 163 Å². The van der Waals surface area contributed by atoms with Gasteiger partial charge in [-0.15, -0.1) is 0 Å². The summed E-state index contributed by atoms with van der Waals surface area (Å²) in [7, 11) is 0. The van der Waals surface area contributed by atoms with Crippen LogP contribution in [0.4, 0.5) is 18.9 Å². The number of carbonyl (C=O) groups is 1. The van der Waals surface area contributed by atoms with Crippen LogP contribution < -0.4 is 56.7 Å². The summed E-state index contributed by atoms with van der Waals surface area (Å²) in [5.74, 6) is -0.506. The number of aliphatic hydroxyl groups is 1. The second kappa shape index (κ2) is 8.40. The first-order valence-electron chi connectivity index (χ1n) is 5.64. The molecule has 0 aliphatic rings. The van der Waals surface area contributed by atoms with Crippen molar-refractivity contribution in [2.45, 2.75) is 32.0 Å². The molecule has 0 aliphatic heterocycles. The largest absolute Gasteiger partial charge is 1.00 e. The Morgan fingerprint density at radius 1 is 1.43 bits per heavy atom. The van der Waals surface area contributed by atoms with E-state index in [1.807, 2.05) is 0 Å². The van der Waals surface area contributed by atoms with Crippen molar-refractivity contribution in [3.8, 4) is 0 Å². The maximum atomic E-state index is 12.3. The van der Waals surface area contributed by atoms with E-state index < -0.39 is 23.2 Å². The van der Waals surface area contributed by atoms with Crippen LogP contribution in [0.1, 0.15) is 25.8 Å². The minimum atomic E-state index is -4.43. The number of carbonyl (C=O) groups excluding carboxylic acids is 1. The Morgan fingerprint density at radius 2 is 2.05 bits per heavy atom. The third kappa shape index (κ3) is 8.69. The number of alkyl halides is 3. The molecule has 0 saturated heterocycles. The van der Waals surface area contributed by atoms with Gasteiger partial charge in [-0.1, -0.05) is 5.56 Å². The molecule has 8 heteroatoms. The molecular formula is C13H13F3KN2O2-. The van der Waals surface area contributed by atoms with Gasteiger partial charge in [-0.05, 0) is 13.8 Å². The van der Waals surface area contributed by atoms with E-state index in [0.29, 0.717) is 0 Å². The molecule has 1 aromatic rings. The van der Waals surface area contributed by atoms with E-state index in [0.717, 1.165) is 18.2 Å². The monoisotopic (exact) mass is 325 g/mol. The van der Waals surface area contributed by atoms with Gasteiger partial charge in [0.1, 0.15) is 5.91 Å². The van der Waals surface area contributed by atoms with E-state index in [1.54, 1.807) is 0 Å². The van der Waals surface area contributed by atoms with Crippen molar-refractivity contribution < 1.29 is 74.5 Å². The summed E-state index contributed by atoms with van der Waals surface area (Å²) in [6.07, 6.45) is -2.39. The van der Waals surface area contributed by atoms with Gasteiger partial charge in [0, 0.05) is 12.8 Å². The molecule has 0 heterocycles. The second-order valence-corrected chi connectivity index (χ2v) is 4.72. The summed E-state index contributed by atoms with van der Waals surface area (Å²) in [4.78, 5) is 14.9. The van der Waals surface area contributed by atoms with Crippen LogP contribution in [0.5, 0.6) is 0 Å². The van der Waals surface area contributed by atoms with Crippen molar-refractivity contribution in [2.24, 2.45) is 4.99 Å². The predicted octanol–water partition coefficient (Wildman–Crippen LogP) is -0.676. The topological polar surface area (TPSA) is 61.7 Å². The molecule has 1 aromatic carbocycles. The fraction of sp³-hybridized carbons (Fsp3) is 0.385. The minimum absolute atomic E-state index is 0. The summed E-state index contributed by atoms with van der Waals surface area (Å²) < 4.78 is 36.9. The zero-order chi connectivity index (χ0) is 15.4. The average Bonchev–Trinajstić information content (AvgIpc) is 2.26. The van der Waals surface area contributed by atoms with E-state index in [1.165, 1.54) is 13.8 Å². The predicted molar refractivity (Wildman–Crippen MR) is 66.4 cm³/mol. The second-order valence-electron chi connectivity index (χ2n) is 4.72. The van der Waals surface area contributed by atoms with Crippen molar-refractivity contribution in [3.05, 3.63) is 29.8 Å². The van der Waals surface area contributed by atoms with Crippen LogP contribution in [0.15, 0.2) is 23.2 Å². The molecule has 110 valence electrons. The van der Waals surface area contributed by atoms with Gasteiger partial charge < -0.3 is 20.2 Å². The van der Waals surface area contributed by atoms with Gasteiger partial charge in [-0.25, -0.2) is 12.1 Å². The van der Waals surface area contributed by atoms with Gasteiger partial charge in [0.25, 0.3) is 0 Å².